The molecule has 1 saturated heterocycles. The minimum absolute atomic E-state index is 0.0845. The van der Waals surface area contributed by atoms with Crippen LogP contribution >= 0.6 is 0 Å². The van der Waals surface area contributed by atoms with E-state index in [1.807, 2.05) is 18.2 Å². The van der Waals surface area contributed by atoms with Crippen LogP contribution in [0.3, 0.4) is 0 Å². The number of halogens is 1. The number of aliphatic hydroxyl groups is 1. The summed E-state index contributed by atoms with van der Waals surface area (Å²) in [4.78, 5) is 35.4. The minimum atomic E-state index is -0.997. The van der Waals surface area contributed by atoms with Crippen molar-refractivity contribution in [1.82, 2.24) is 9.97 Å². The van der Waals surface area contributed by atoms with Crippen molar-refractivity contribution >= 4 is 34.4 Å². The predicted molar refractivity (Wildman–Crippen MR) is 128 cm³/mol. The van der Waals surface area contributed by atoms with E-state index in [2.05, 4.69) is 9.97 Å². The number of carbonyl (C=O) groups excluding carboxylic acids is 2. The smallest absolute Gasteiger partial charge is 0.302 e. The van der Waals surface area contributed by atoms with Crippen molar-refractivity contribution in [3.05, 3.63) is 94.8 Å². The van der Waals surface area contributed by atoms with Gasteiger partial charge in [0, 0.05) is 5.56 Å². The van der Waals surface area contributed by atoms with Crippen molar-refractivity contribution in [3.8, 4) is 5.75 Å². The summed E-state index contributed by atoms with van der Waals surface area (Å²) in [6.07, 6.45) is 1.63. The summed E-state index contributed by atoms with van der Waals surface area (Å²) in [6, 6.07) is 16.9. The van der Waals surface area contributed by atoms with E-state index in [1.165, 1.54) is 29.2 Å². The topological polar surface area (TPSA) is 95.5 Å². The SMILES string of the molecule is O=C1C(=O)N(c2nc3ccccc3[nH]2)C(c2ccc(F)cc2)/C1=C(\O)c1ccc2c(c1)CCCO2. The van der Waals surface area contributed by atoms with E-state index in [0.29, 0.717) is 28.8 Å². The number of ketones is 1. The van der Waals surface area contributed by atoms with Gasteiger partial charge in [-0.15, -0.1) is 0 Å². The first-order valence-electron chi connectivity index (χ1n) is 11.3. The predicted octanol–water partition coefficient (Wildman–Crippen LogP) is 4.65. The van der Waals surface area contributed by atoms with E-state index in [9.17, 15) is 19.1 Å². The number of hydrogen-bond acceptors (Lipinski definition) is 5. The molecule has 0 radical (unpaired) electrons. The monoisotopic (exact) mass is 469 g/mol. The number of amides is 1. The van der Waals surface area contributed by atoms with Gasteiger partial charge in [-0.05, 0) is 66.4 Å². The second-order valence-corrected chi connectivity index (χ2v) is 8.57. The quantitative estimate of drug-likeness (QED) is 0.259. The summed E-state index contributed by atoms with van der Waals surface area (Å²) < 4.78 is 19.4. The maximum absolute atomic E-state index is 13.7. The number of hydrogen-bond donors (Lipinski definition) is 2. The Morgan fingerprint density at radius 2 is 1.89 bits per heavy atom. The lowest BCUT2D eigenvalue weighted by Gasteiger charge is -2.23. The fraction of sp³-hybridized carbons (Fsp3) is 0.148. The highest BCUT2D eigenvalue weighted by atomic mass is 19.1. The van der Waals surface area contributed by atoms with E-state index in [4.69, 9.17) is 4.74 Å². The van der Waals surface area contributed by atoms with Gasteiger partial charge >= 0.3 is 5.91 Å². The molecule has 3 aromatic carbocycles. The van der Waals surface area contributed by atoms with Crippen LogP contribution in [-0.2, 0) is 16.0 Å². The zero-order valence-electron chi connectivity index (χ0n) is 18.5. The molecule has 6 rings (SSSR count). The van der Waals surface area contributed by atoms with Gasteiger partial charge in [0.1, 0.15) is 17.3 Å². The molecule has 174 valence electrons. The molecule has 2 N–H and O–H groups in total. The Morgan fingerprint density at radius 1 is 1.09 bits per heavy atom. The number of para-hydroxylation sites is 2. The molecule has 1 atom stereocenters. The van der Waals surface area contributed by atoms with E-state index in [1.54, 1.807) is 24.3 Å². The van der Waals surface area contributed by atoms with E-state index < -0.39 is 23.5 Å². The van der Waals surface area contributed by atoms with E-state index in [0.717, 1.165) is 24.2 Å². The lowest BCUT2D eigenvalue weighted by molar-refractivity contribution is -0.132. The number of aliphatic hydroxyl groups excluding tert-OH is 1. The molecule has 0 bridgehead atoms. The molecule has 2 aliphatic heterocycles. The number of nitrogens with one attached hydrogen (secondary N) is 1. The Labute approximate surface area is 199 Å². The van der Waals surface area contributed by atoms with Gasteiger partial charge in [0.2, 0.25) is 5.95 Å². The molecule has 2 aliphatic rings. The van der Waals surface area contributed by atoms with Crippen molar-refractivity contribution in [1.29, 1.82) is 0 Å². The van der Waals surface area contributed by atoms with Gasteiger partial charge in [-0.25, -0.2) is 9.37 Å². The average molecular weight is 469 g/mol. The molecule has 1 fully saturated rings. The molecule has 7 nitrogen and oxygen atoms in total. The number of aromatic amines is 1. The van der Waals surface area contributed by atoms with Gasteiger partial charge in [0.25, 0.3) is 5.78 Å². The standard InChI is InChI=1S/C27H20FN3O4/c28-18-10-7-15(8-11-18)23-22(24(32)17-9-12-21-16(14-17)4-3-13-35-21)25(33)26(34)31(23)27-29-19-5-1-2-6-20(19)30-27/h1-2,5-12,14,23,32H,3-4,13H2,(H,29,30)/b24-22+. The third-order valence-electron chi connectivity index (χ3n) is 6.42. The second-order valence-electron chi connectivity index (χ2n) is 8.57. The lowest BCUT2D eigenvalue weighted by Crippen LogP contribution is -2.30. The van der Waals surface area contributed by atoms with Crippen molar-refractivity contribution in [2.24, 2.45) is 0 Å². The van der Waals surface area contributed by atoms with E-state index >= 15 is 0 Å². The summed E-state index contributed by atoms with van der Waals surface area (Å²) in [5.74, 6) is -1.52. The third-order valence-corrected chi connectivity index (χ3v) is 6.42. The van der Waals surface area contributed by atoms with Crippen molar-refractivity contribution in [2.75, 3.05) is 11.5 Å². The Balaban J connectivity index is 1.54. The number of aryl methyl sites for hydroxylation is 1. The third kappa shape index (κ3) is 3.45. The van der Waals surface area contributed by atoms with Crippen LogP contribution < -0.4 is 9.64 Å². The zero-order valence-corrected chi connectivity index (χ0v) is 18.5. The molecule has 3 heterocycles. The highest BCUT2D eigenvalue weighted by molar-refractivity contribution is 6.51. The van der Waals surface area contributed by atoms with Crippen LogP contribution in [0.15, 0.2) is 72.3 Å². The molecule has 35 heavy (non-hydrogen) atoms. The van der Waals surface area contributed by atoms with Gasteiger partial charge < -0.3 is 14.8 Å². The first-order chi connectivity index (χ1) is 17.0. The average Bonchev–Trinajstić information content (AvgIpc) is 3.42. The largest absolute Gasteiger partial charge is 0.507 e. The van der Waals surface area contributed by atoms with Crippen LogP contribution in [0, 0.1) is 5.82 Å². The number of aromatic nitrogens is 2. The fourth-order valence-electron chi connectivity index (χ4n) is 4.73. The first-order valence-corrected chi connectivity index (χ1v) is 11.3. The first kappa shape index (κ1) is 21.1. The summed E-state index contributed by atoms with van der Waals surface area (Å²) in [6.45, 7) is 0.630. The highest BCUT2D eigenvalue weighted by Crippen LogP contribution is 2.42. The summed E-state index contributed by atoms with van der Waals surface area (Å²) in [7, 11) is 0. The summed E-state index contributed by atoms with van der Waals surface area (Å²) >= 11 is 0. The Morgan fingerprint density at radius 3 is 2.69 bits per heavy atom. The molecular formula is C27H20FN3O4. The van der Waals surface area contributed by atoms with Gasteiger partial charge in [-0.2, -0.15) is 0 Å². The van der Waals surface area contributed by atoms with Crippen LogP contribution in [0.1, 0.15) is 29.2 Å². The van der Waals surface area contributed by atoms with E-state index in [-0.39, 0.29) is 17.3 Å². The van der Waals surface area contributed by atoms with Crippen molar-refractivity contribution in [3.63, 3.8) is 0 Å². The van der Waals surface area contributed by atoms with Gasteiger partial charge in [-0.1, -0.05) is 24.3 Å². The summed E-state index contributed by atoms with van der Waals surface area (Å²) in [5.41, 5.74) is 3.02. The highest BCUT2D eigenvalue weighted by Gasteiger charge is 2.48. The molecule has 1 amide bonds. The normalized spacial score (nSPS) is 19.1. The number of imidazole rings is 1. The van der Waals surface area contributed by atoms with Crippen molar-refractivity contribution in [2.45, 2.75) is 18.9 Å². The number of H-pyrrole nitrogens is 1. The minimum Gasteiger partial charge on any atom is -0.507 e. The molecule has 0 spiro atoms. The van der Waals surface area contributed by atoms with Crippen LogP contribution in [0.25, 0.3) is 16.8 Å². The molecule has 4 aromatic rings. The molecule has 1 unspecified atom stereocenters. The Bertz CT molecular complexity index is 1490. The molecule has 8 heteroatoms. The molecule has 1 aromatic heterocycles. The second kappa shape index (κ2) is 8.09. The fourth-order valence-corrected chi connectivity index (χ4v) is 4.73. The maximum Gasteiger partial charge on any atom is 0.302 e. The van der Waals surface area contributed by atoms with Gasteiger partial charge in [-0.3, -0.25) is 14.5 Å². The van der Waals surface area contributed by atoms with Crippen LogP contribution in [0.5, 0.6) is 5.75 Å². The number of carbonyl (C=O) groups is 2. The van der Waals surface area contributed by atoms with Crippen LogP contribution in [-0.4, -0.2) is 33.4 Å². The molecule has 0 aliphatic carbocycles. The number of rotatable bonds is 3. The lowest BCUT2D eigenvalue weighted by atomic mass is 9.94. The number of anilines is 1. The Kier molecular flexibility index (Phi) is 4.88. The molecule has 0 saturated carbocycles. The number of fused-ring (bicyclic) bond motifs is 2. The molecular weight excluding hydrogens is 449 g/mol. The number of Topliss-reactive ketones (excluding diaryl/α,β-unsaturated/α-hetero) is 1. The van der Waals surface area contributed by atoms with Gasteiger partial charge in [0.05, 0.1) is 29.3 Å². The van der Waals surface area contributed by atoms with Gasteiger partial charge in [0.15, 0.2) is 0 Å². The number of ether oxygens (including phenoxy) is 1. The number of benzene rings is 3. The maximum atomic E-state index is 13.7. The van der Waals surface area contributed by atoms with Crippen molar-refractivity contribution < 1.29 is 23.8 Å². The van der Waals surface area contributed by atoms with Crippen LogP contribution in [0.2, 0.25) is 0 Å². The van der Waals surface area contributed by atoms with Crippen LogP contribution in [0.4, 0.5) is 10.3 Å². The summed E-state index contributed by atoms with van der Waals surface area (Å²) in [5, 5.41) is 11.3. The Hall–Kier alpha value is -4.46. The zero-order chi connectivity index (χ0) is 24.1. The number of nitrogens with zero attached hydrogens (tertiary/aromatic N) is 2.